The van der Waals surface area contributed by atoms with Gasteiger partial charge in [0.15, 0.2) is 0 Å². The van der Waals surface area contributed by atoms with Gasteiger partial charge in [-0.15, -0.1) is 0 Å². The molecule has 2 bridgehead atoms. The number of carbonyl (C=O) groups is 2. The average Bonchev–Trinajstić information content (AvgIpc) is 3.68. The minimum absolute atomic E-state index is 0.0737. The molecule has 4 fully saturated rings. The first-order valence-electron chi connectivity index (χ1n) is 17.7. The Morgan fingerprint density at radius 2 is 1.73 bits per heavy atom. The summed E-state index contributed by atoms with van der Waals surface area (Å²) in [5.41, 5.74) is 5.34. The van der Waals surface area contributed by atoms with E-state index >= 15 is 4.79 Å². The van der Waals surface area contributed by atoms with Crippen LogP contribution in [-0.4, -0.2) is 91.8 Å². The molecule has 2 saturated carbocycles. The zero-order chi connectivity index (χ0) is 33.5. The van der Waals surface area contributed by atoms with Crippen molar-refractivity contribution in [2.24, 2.45) is 5.41 Å². The van der Waals surface area contributed by atoms with Gasteiger partial charge in [0.25, 0.3) is 5.91 Å². The first-order valence-corrected chi connectivity index (χ1v) is 19.1. The number of carbonyl (C=O) groups excluding carboxylic acids is 2. The van der Waals surface area contributed by atoms with Crippen molar-refractivity contribution in [2.45, 2.75) is 88.8 Å². The van der Waals surface area contributed by atoms with Crippen molar-refractivity contribution in [1.29, 1.82) is 0 Å². The first-order chi connectivity index (χ1) is 23.1. The summed E-state index contributed by atoms with van der Waals surface area (Å²) in [5, 5.41) is 1.09. The molecule has 0 radical (unpaired) electrons. The van der Waals surface area contributed by atoms with Gasteiger partial charge in [0.05, 0.1) is 18.2 Å². The van der Waals surface area contributed by atoms with E-state index in [1.807, 2.05) is 18.2 Å². The number of hydrogen-bond acceptors (Lipinski definition) is 6. The lowest BCUT2D eigenvalue weighted by atomic mass is 9.81. The normalized spacial score (nSPS) is 26.9. The fourth-order valence-electron chi connectivity index (χ4n) is 9.53. The van der Waals surface area contributed by atoms with Crippen LogP contribution in [0.5, 0.6) is 5.75 Å². The Labute approximate surface area is 283 Å². The van der Waals surface area contributed by atoms with Gasteiger partial charge in [0.2, 0.25) is 5.91 Å². The van der Waals surface area contributed by atoms with Crippen LogP contribution in [0.3, 0.4) is 0 Å². The highest BCUT2D eigenvalue weighted by molar-refractivity contribution is 7.87. The number of fused-ring (bicyclic) bond motifs is 9. The van der Waals surface area contributed by atoms with Gasteiger partial charge in [-0.2, -0.15) is 12.7 Å². The fraction of sp³-hybridized carbons (Fsp3) is 0.568. The lowest BCUT2D eigenvalue weighted by Crippen LogP contribution is -2.57. The molecule has 2 aromatic carbocycles. The number of nitrogens with zero attached hydrogens (tertiary/aromatic N) is 4. The van der Waals surface area contributed by atoms with E-state index in [0.717, 1.165) is 84.0 Å². The third-order valence-electron chi connectivity index (χ3n) is 12.2. The van der Waals surface area contributed by atoms with E-state index in [2.05, 4.69) is 38.1 Å². The van der Waals surface area contributed by atoms with Crippen molar-refractivity contribution in [3.05, 3.63) is 53.1 Å². The number of rotatable bonds is 7. The highest BCUT2D eigenvalue weighted by Crippen LogP contribution is 2.66. The lowest BCUT2D eigenvalue weighted by molar-refractivity contribution is -0.143. The van der Waals surface area contributed by atoms with E-state index in [9.17, 15) is 13.2 Å². The number of methoxy groups -OCH3 is 1. The Balaban J connectivity index is 1.31. The molecular weight excluding hydrogens is 627 g/mol. The van der Waals surface area contributed by atoms with E-state index in [0.29, 0.717) is 12.5 Å². The smallest absolute Gasteiger partial charge is 0.303 e. The SMILES string of the molecule is CCN1CC2CCC(C1)N2C(=O)C12CC1c1cc(OC)ccc1-c1c(C3CCCCC3)c3ccc(C(=O)NS(=O)(=O)N(C)C)cc3n1C2. The van der Waals surface area contributed by atoms with Gasteiger partial charge in [-0.25, -0.2) is 4.72 Å². The van der Waals surface area contributed by atoms with Crippen LogP contribution in [0.25, 0.3) is 22.2 Å². The third-order valence-corrected chi connectivity index (χ3v) is 13.6. The number of piperazine rings is 1. The summed E-state index contributed by atoms with van der Waals surface area (Å²) < 4.78 is 36.5. The second-order valence-corrected chi connectivity index (χ2v) is 16.8. The van der Waals surface area contributed by atoms with Crippen LogP contribution in [0.4, 0.5) is 0 Å². The van der Waals surface area contributed by atoms with Crippen molar-refractivity contribution in [3.63, 3.8) is 0 Å². The van der Waals surface area contributed by atoms with Gasteiger partial charge >= 0.3 is 10.2 Å². The summed E-state index contributed by atoms with van der Waals surface area (Å²) in [7, 11) is 0.520. The maximum absolute atomic E-state index is 15.1. The molecule has 11 heteroatoms. The number of nitrogens with one attached hydrogen (secondary N) is 1. The quantitative estimate of drug-likeness (QED) is 0.375. The number of amides is 2. The van der Waals surface area contributed by atoms with E-state index in [1.165, 1.54) is 44.5 Å². The van der Waals surface area contributed by atoms with Crippen LogP contribution < -0.4 is 9.46 Å². The molecule has 48 heavy (non-hydrogen) atoms. The van der Waals surface area contributed by atoms with E-state index in [4.69, 9.17) is 4.74 Å². The number of benzene rings is 2. The largest absolute Gasteiger partial charge is 0.497 e. The van der Waals surface area contributed by atoms with Crippen LogP contribution in [-0.2, 0) is 21.5 Å². The number of likely N-dealkylation sites (N-methyl/N-ethyl adjacent to an activating group) is 1. The molecule has 8 rings (SSSR count). The highest BCUT2D eigenvalue weighted by Gasteiger charge is 2.65. The van der Waals surface area contributed by atoms with Crippen LogP contribution in [0.1, 0.15) is 91.6 Å². The molecule has 2 amide bonds. The molecule has 2 aliphatic carbocycles. The van der Waals surface area contributed by atoms with Gasteiger partial charge in [0, 0.05) is 73.8 Å². The first kappa shape index (κ1) is 31.8. The number of aromatic nitrogens is 1. The zero-order valence-corrected chi connectivity index (χ0v) is 29.3. The summed E-state index contributed by atoms with van der Waals surface area (Å²) in [6.45, 7) is 5.60. The molecule has 2 saturated heterocycles. The maximum Gasteiger partial charge on any atom is 0.303 e. The monoisotopic (exact) mass is 673 g/mol. The summed E-state index contributed by atoms with van der Waals surface area (Å²) >= 11 is 0. The lowest BCUT2D eigenvalue weighted by Gasteiger charge is -2.42. The molecule has 1 aromatic heterocycles. The van der Waals surface area contributed by atoms with Crippen LogP contribution in [0, 0.1) is 5.41 Å². The van der Waals surface area contributed by atoms with E-state index in [1.54, 1.807) is 13.2 Å². The summed E-state index contributed by atoms with van der Waals surface area (Å²) in [6, 6.07) is 12.4. The van der Waals surface area contributed by atoms with Crippen molar-refractivity contribution >= 4 is 32.9 Å². The third kappa shape index (κ3) is 4.90. The van der Waals surface area contributed by atoms with Gasteiger partial charge in [-0.05, 0) is 86.0 Å². The number of likely N-dealkylation sites (tertiary alicyclic amines) is 1. The minimum atomic E-state index is -3.97. The predicted molar refractivity (Wildman–Crippen MR) is 185 cm³/mol. The fourth-order valence-corrected chi connectivity index (χ4v) is 10.1. The van der Waals surface area contributed by atoms with Crippen LogP contribution >= 0.6 is 0 Å². The highest BCUT2D eigenvalue weighted by atomic mass is 32.2. The Hall–Kier alpha value is -3.41. The Kier molecular flexibility index (Phi) is 7.69. The molecule has 5 aliphatic rings. The van der Waals surface area contributed by atoms with Crippen LogP contribution in [0.15, 0.2) is 36.4 Å². The minimum Gasteiger partial charge on any atom is -0.497 e. The second kappa shape index (κ2) is 11.6. The molecule has 256 valence electrons. The molecule has 3 aliphatic heterocycles. The van der Waals surface area contributed by atoms with Crippen molar-refractivity contribution in [1.82, 2.24) is 23.4 Å². The van der Waals surface area contributed by atoms with Crippen molar-refractivity contribution in [3.8, 4) is 17.0 Å². The summed E-state index contributed by atoms with van der Waals surface area (Å²) in [4.78, 5) is 33.2. The molecule has 0 spiro atoms. The van der Waals surface area contributed by atoms with Gasteiger partial charge in [-0.1, -0.05) is 32.3 Å². The molecule has 4 heterocycles. The van der Waals surface area contributed by atoms with E-state index < -0.39 is 21.5 Å². The van der Waals surface area contributed by atoms with Crippen molar-refractivity contribution in [2.75, 3.05) is 40.8 Å². The number of ether oxygens (including phenoxy) is 1. The van der Waals surface area contributed by atoms with Gasteiger partial charge in [-0.3, -0.25) is 14.5 Å². The molecule has 3 aromatic rings. The second-order valence-electron chi connectivity index (χ2n) is 14.9. The topological polar surface area (TPSA) is 104 Å². The molecule has 4 unspecified atom stereocenters. The average molecular weight is 674 g/mol. The molecule has 1 N–H and O–H groups in total. The van der Waals surface area contributed by atoms with Gasteiger partial charge in [0.1, 0.15) is 5.75 Å². The Morgan fingerprint density at radius 3 is 2.40 bits per heavy atom. The Bertz CT molecular complexity index is 1900. The Morgan fingerprint density at radius 1 is 1.00 bits per heavy atom. The number of hydrogen-bond donors (Lipinski definition) is 1. The van der Waals surface area contributed by atoms with Gasteiger partial charge < -0.3 is 14.2 Å². The maximum atomic E-state index is 15.1. The van der Waals surface area contributed by atoms with Crippen molar-refractivity contribution < 1.29 is 22.7 Å². The van der Waals surface area contributed by atoms with Crippen LogP contribution in [0.2, 0.25) is 0 Å². The predicted octanol–water partition coefficient (Wildman–Crippen LogP) is 5.08. The standard InChI is InChI=1S/C37H47N5O5S/c1-5-40-20-25-12-13-26(21-40)42(25)36(44)37-19-31(37)30-18-27(47-4)14-16-28(30)34-33(23-9-7-6-8-10-23)29-15-11-24(17-32(29)41(34)22-37)35(43)38-48(45,46)39(2)3/h11,14-18,23,25-26,31H,5-10,12-13,19-22H2,1-4H3,(H,38,43). The summed E-state index contributed by atoms with van der Waals surface area (Å²) in [5.74, 6) is 0.831. The molecule has 10 nitrogen and oxygen atoms in total. The van der Waals surface area contributed by atoms with E-state index in [-0.39, 0.29) is 29.5 Å². The summed E-state index contributed by atoms with van der Waals surface area (Å²) in [6.07, 6.45) is 8.65. The molecular formula is C37H47N5O5S. The molecule has 4 atom stereocenters. The zero-order valence-electron chi connectivity index (χ0n) is 28.5.